The number of aryl methyl sites for hydroxylation is 1. The third kappa shape index (κ3) is 4.22. The van der Waals surface area contributed by atoms with Crippen molar-refractivity contribution < 1.29 is 24.2 Å². The normalized spacial score (nSPS) is 21.8. The van der Waals surface area contributed by atoms with Gasteiger partial charge in [-0.3, -0.25) is 9.59 Å². The predicted octanol–water partition coefficient (Wildman–Crippen LogP) is 2.64. The molecule has 158 valence electrons. The van der Waals surface area contributed by atoms with Crippen molar-refractivity contribution in [1.82, 2.24) is 4.90 Å². The number of aliphatic hydroxyl groups is 2. The molecule has 0 radical (unpaired) electrons. The van der Waals surface area contributed by atoms with E-state index in [0.717, 1.165) is 16.8 Å². The maximum absolute atomic E-state index is 13.1. The van der Waals surface area contributed by atoms with Gasteiger partial charge in [0.05, 0.1) is 12.6 Å². The quantitative estimate of drug-likeness (QED) is 0.704. The Morgan fingerprint density at radius 2 is 1.97 bits per heavy atom. The molecule has 2 heterocycles. The monoisotopic (exact) mass is 412 g/mol. The molecule has 2 atom stereocenters. The molecule has 3 N–H and O–H groups in total. The minimum atomic E-state index is -1.18. The van der Waals surface area contributed by atoms with Gasteiger partial charge in [-0.25, -0.2) is 4.39 Å². The van der Waals surface area contributed by atoms with Gasteiger partial charge in [0.25, 0.3) is 0 Å². The number of hydrogen-bond donors (Lipinski definition) is 3. The summed E-state index contributed by atoms with van der Waals surface area (Å²) in [6.45, 7) is 0.577. The fourth-order valence-corrected chi connectivity index (χ4v) is 4.20. The van der Waals surface area contributed by atoms with Gasteiger partial charge in [-0.2, -0.15) is 0 Å². The van der Waals surface area contributed by atoms with E-state index < -0.39 is 11.7 Å². The van der Waals surface area contributed by atoms with Crippen LogP contribution in [-0.4, -0.2) is 40.0 Å². The molecule has 0 bridgehead atoms. The lowest BCUT2D eigenvalue weighted by Crippen LogP contribution is -2.34. The Hall–Kier alpha value is -2.77. The Morgan fingerprint density at radius 1 is 1.20 bits per heavy atom. The summed E-state index contributed by atoms with van der Waals surface area (Å²) in [6.07, 6.45) is 1.11. The molecule has 1 saturated heterocycles. The van der Waals surface area contributed by atoms with Gasteiger partial charge in [0, 0.05) is 25.1 Å². The fourth-order valence-electron chi connectivity index (χ4n) is 4.20. The summed E-state index contributed by atoms with van der Waals surface area (Å²) in [5.74, 6) is -0.503. The van der Waals surface area contributed by atoms with E-state index in [1.165, 1.54) is 12.1 Å². The van der Waals surface area contributed by atoms with E-state index in [2.05, 4.69) is 5.32 Å². The van der Waals surface area contributed by atoms with Gasteiger partial charge in [0.1, 0.15) is 11.4 Å². The lowest BCUT2D eigenvalue weighted by atomic mass is 9.93. The summed E-state index contributed by atoms with van der Waals surface area (Å²) >= 11 is 0. The first-order valence-electron chi connectivity index (χ1n) is 10.2. The molecular weight excluding hydrogens is 387 g/mol. The van der Waals surface area contributed by atoms with Crippen molar-refractivity contribution in [3.63, 3.8) is 0 Å². The number of carbonyl (C=O) groups is 2. The highest BCUT2D eigenvalue weighted by atomic mass is 19.1. The number of carbonyl (C=O) groups excluding carboxylic acids is 2. The van der Waals surface area contributed by atoms with Gasteiger partial charge in [0.15, 0.2) is 0 Å². The first-order valence-corrected chi connectivity index (χ1v) is 10.2. The molecule has 0 aliphatic carbocycles. The number of benzene rings is 2. The number of rotatable bonds is 5. The zero-order chi connectivity index (χ0) is 21.3. The predicted molar refractivity (Wildman–Crippen MR) is 109 cm³/mol. The van der Waals surface area contributed by atoms with E-state index in [1.807, 2.05) is 6.07 Å². The van der Waals surface area contributed by atoms with E-state index >= 15 is 0 Å². The fraction of sp³-hybridized carbons (Fsp3) is 0.391. The molecule has 0 spiro atoms. The number of aliphatic hydroxyl groups excluding tert-OH is 1. The van der Waals surface area contributed by atoms with E-state index in [1.54, 1.807) is 29.2 Å². The van der Waals surface area contributed by atoms with E-state index in [4.69, 9.17) is 0 Å². The van der Waals surface area contributed by atoms with Crippen LogP contribution in [0.4, 0.5) is 10.1 Å². The molecule has 2 aromatic rings. The summed E-state index contributed by atoms with van der Waals surface area (Å²) in [6, 6.07) is 11.1. The zero-order valence-corrected chi connectivity index (χ0v) is 16.6. The summed E-state index contributed by atoms with van der Waals surface area (Å²) in [5.41, 5.74) is 1.91. The first kappa shape index (κ1) is 20.5. The van der Waals surface area contributed by atoms with Gasteiger partial charge in [0.2, 0.25) is 11.8 Å². The highest BCUT2D eigenvalue weighted by Gasteiger charge is 2.39. The minimum absolute atomic E-state index is 0.00685. The van der Waals surface area contributed by atoms with Crippen LogP contribution in [0.5, 0.6) is 0 Å². The van der Waals surface area contributed by atoms with Crippen molar-refractivity contribution >= 4 is 17.5 Å². The Morgan fingerprint density at radius 3 is 2.73 bits per heavy atom. The highest BCUT2D eigenvalue weighted by Crippen LogP contribution is 2.33. The molecule has 4 rings (SSSR count). The zero-order valence-electron chi connectivity index (χ0n) is 16.6. The third-order valence-electron chi connectivity index (χ3n) is 6.02. The number of amides is 2. The molecule has 0 saturated carbocycles. The standard InChI is InChI=1S/C23H25FN2O4/c24-18-5-3-17(4-6-18)23(30)11-12-26(14-23)22(29)10-8-20(27)16-1-7-19-15(13-16)2-9-21(28)25-19/h1,3-7,13,20,27,30H,2,8-12,14H2,(H,25,28). The van der Waals surface area contributed by atoms with Gasteiger partial charge >= 0.3 is 0 Å². The average Bonchev–Trinajstić information content (AvgIpc) is 3.15. The summed E-state index contributed by atoms with van der Waals surface area (Å²) in [5, 5.41) is 24.2. The molecule has 1 fully saturated rings. The molecule has 30 heavy (non-hydrogen) atoms. The SMILES string of the molecule is O=C1CCc2cc(C(O)CCC(=O)N3CCC(O)(c4ccc(F)cc4)C3)ccc2N1. The highest BCUT2D eigenvalue weighted by molar-refractivity contribution is 5.93. The molecule has 2 aliphatic heterocycles. The van der Waals surface area contributed by atoms with E-state index in [9.17, 15) is 24.2 Å². The van der Waals surface area contributed by atoms with Crippen LogP contribution in [0.25, 0.3) is 0 Å². The number of halogens is 1. The topological polar surface area (TPSA) is 89.9 Å². The Kier molecular flexibility index (Phi) is 5.58. The largest absolute Gasteiger partial charge is 0.388 e. The third-order valence-corrected chi connectivity index (χ3v) is 6.02. The van der Waals surface area contributed by atoms with Crippen LogP contribution < -0.4 is 5.32 Å². The van der Waals surface area contributed by atoms with Gasteiger partial charge in [-0.1, -0.05) is 24.3 Å². The maximum Gasteiger partial charge on any atom is 0.224 e. The molecule has 0 aromatic heterocycles. The average molecular weight is 412 g/mol. The van der Waals surface area contributed by atoms with Crippen LogP contribution in [0, 0.1) is 5.82 Å². The van der Waals surface area contributed by atoms with Crippen LogP contribution in [0.1, 0.15) is 48.5 Å². The van der Waals surface area contributed by atoms with E-state index in [0.29, 0.717) is 31.4 Å². The van der Waals surface area contributed by atoms with Gasteiger partial charge < -0.3 is 20.4 Å². The Labute approximate surface area is 174 Å². The lowest BCUT2D eigenvalue weighted by molar-refractivity contribution is -0.131. The smallest absolute Gasteiger partial charge is 0.224 e. The second-order valence-corrected chi connectivity index (χ2v) is 8.12. The van der Waals surface area contributed by atoms with Crippen LogP contribution in [0.15, 0.2) is 42.5 Å². The van der Waals surface area contributed by atoms with Crippen molar-refractivity contribution in [1.29, 1.82) is 0 Å². The number of nitrogens with zero attached hydrogens (tertiary/aromatic N) is 1. The number of β-amino-alcohol motifs (C(OH)–C–C–N with tert-alkyl or cyclic N) is 1. The van der Waals surface area contributed by atoms with E-state index in [-0.39, 0.29) is 37.0 Å². The molecular formula is C23H25FN2O4. The second-order valence-electron chi connectivity index (χ2n) is 8.12. The number of nitrogens with one attached hydrogen (secondary N) is 1. The Balaban J connectivity index is 1.33. The number of anilines is 1. The van der Waals surface area contributed by atoms with Crippen molar-refractivity contribution in [2.24, 2.45) is 0 Å². The van der Waals surface area contributed by atoms with Crippen molar-refractivity contribution in [2.45, 2.75) is 43.8 Å². The van der Waals surface area contributed by atoms with Gasteiger partial charge in [-0.05, 0) is 54.2 Å². The Bertz CT molecular complexity index is 962. The van der Waals surface area contributed by atoms with Crippen molar-refractivity contribution in [3.8, 4) is 0 Å². The summed E-state index contributed by atoms with van der Waals surface area (Å²) in [4.78, 5) is 25.7. The summed E-state index contributed by atoms with van der Waals surface area (Å²) < 4.78 is 13.1. The van der Waals surface area contributed by atoms with Gasteiger partial charge in [-0.15, -0.1) is 0 Å². The number of likely N-dealkylation sites (tertiary alicyclic amines) is 1. The van der Waals surface area contributed by atoms with Crippen molar-refractivity contribution in [2.75, 3.05) is 18.4 Å². The number of fused-ring (bicyclic) bond motifs is 1. The molecule has 2 aliphatic rings. The minimum Gasteiger partial charge on any atom is -0.388 e. The van der Waals surface area contributed by atoms with Crippen LogP contribution in [0.3, 0.4) is 0 Å². The lowest BCUT2D eigenvalue weighted by Gasteiger charge is -2.24. The van der Waals surface area contributed by atoms with Crippen molar-refractivity contribution in [3.05, 3.63) is 65.0 Å². The molecule has 2 unspecified atom stereocenters. The molecule has 2 aromatic carbocycles. The van der Waals surface area contributed by atoms with Crippen LogP contribution in [0.2, 0.25) is 0 Å². The van der Waals surface area contributed by atoms with Crippen LogP contribution >= 0.6 is 0 Å². The van der Waals surface area contributed by atoms with Crippen LogP contribution in [-0.2, 0) is 21.6 Å². The summed E-state index contributed by atoms with van der Waals surface area (Å²) in [7, 11) is 0. The maximum atomic E-state index is 13.1. The molecule has 6 nitrogen and oxygen atoms in total. The molecule has 7 heteroatoms. The second kappa shape index (κ2) is 8.16. The number of hydrogen-bond acceptors (Lipinski definition) is 4. The molecule has 2 amide bonds. The first-order chi connectivity index (χ1) is 14.3.